The maximum Gasteiger partial charge on any atom is 0.244 e. The fourth-order valence-electron chi connectivity index (χ4n) is 2.88. The lowest BCUT2D eigenvalue weighted by Crippen LogP contribution is -2.41. The van der Waals surface area contributed by atoms with E-state index < -0.39 is 10.0 Å². The smallest absolute Gasteiger partial charge is 0.244 e. The van der Waals surface area contributed by atoms with E-state index in [0.29, 0.717) is 4.47 Å². The summed E-state index contributed by atoms with van der Waals surface area (Å²) in [5, 5.41) is 0. The van der Waals surface area contributed by atoms with Gasteiger partial charge in [0.15, 0.2) is 0 Å². The fourth-order valence-corrected chi connectivity index (χ4v) is 6.23. The Kier molecular flexibility index (Phi) is 3.87. The van der Waals surface area contributed by atoms with Crippen molar-refractivity contribution in [2.24, 2.45) is 0 Å². The molecule has 5 nitrogen and oxygen atoms in total. The van der Waals surface area contributed by atoms with Gasteiger partial charge in [0, 0.05) is 8.95 Å². The van der Waals surface area contributed by atoms with Gasteiger partial charge in [-0.25, -0.2) is 13.1 Å². The van der Waals surface area contributed by atoms with Crippen molar-refractivity contribution < 1.29 is 13.2 Å². The molecule has 3 rings (SSSR count). The standard InChI is InChI=1S/C12H14Br2N2O3S/c13-6-3-8(14)12(9(15)4-6)20(17,18)16-10-5-7-1-2-11(10)19-7/h3-4,7,10-11,16H,1-2,5,15H2. The molecule has 0 amide bonds. The van der Waals surface area contributed by atoms with Gasteiger partial charge in [-0.2, -0.15) is 0 Å². The Morgan fingerprint density at radius 3 is 2.60 bits per heavy atom. The number of nitrogen functional groups attached to an aromatic ring is 1. The molecule has 2 aliphatic heterocycles. The molecule has 110 valence electrons. The summed E-state index contributed by atoms with van der Waals surface area (Å²) in [7, 11) is -3.67. The summed E-state index contributed by atoms with van der Waals surface area (Å²) >= 11 is 6.55. The summed E-state index contributed by atoms with van der Waals surface area (Å²) < 4.78 is 34.6. The van der Waals surface area contributed by atoms with Crippen LogP contribution in [0.25, 0.3) is 0 Å². The number of nitrogens with two attached hydrogens (primary N) is 1. The Bertz CT molecular complexity index is 627. The first-order valence-electron chi connectivity index (χ1n) is 6.29. The van der Waals surface area contributed by atoms with E-state index >= 15 is 0 Å². The van der Waals surface area contributed by atoms with Crippen LogP contribution in [0.4, 0.5) is 5.69 Å². The van der Waals surface area contributed by atoms with Crippen molar-refractivity contribution in [1.29, 1.82) is 0 Å². The van der Waals surface area contributed by atoms with E-state index in [2.05, 4.69) is 36.6 Å². The average molecular weight is 426 g/mol. The van der Waals surface area contributed by atoms with E-state index in [-0.39, 0.29) is 28.8 Å². The van der Waals surface area contributed by atoms with Crippen molar-refractivity contribution in [2.75, 3.05) is 5.73 Å². The van der Waals surface area contributed by atoms with Crippen LogP contribution in [0.1, 0.15) is 19.3 Å². The summed E-state index contributed by atoms with van der Waals surface area (Å²) in [6, 6.07) is 3.09. The highest BCUT2D eigenvalue weighted by Gasteiger charge is 2.43. The minimum absolute atomic E-state index is 0.00905. The summed E-state index contributed by atoms with van der Waals surface area (Å²) in [5.41, 5.74) is 6.06. The zero-order valence-corrected chi connectivity index (χ0v) is 14.5. The first-order chi connectivity index (χ1) is 9.37. The molecule has 2 aliphatic rings. The molecule has 20 heavy (non-hydrogen) atoms. The third-order valence-electron chi connectivity index (χ3n) is 3.72. The highest BCUT2D eigenvalue weighted by molar-refractivity contribution is 9.11. The molecule has 0 aliphatic carbocycles. The van der Waals surface area contributed by atoms with Gasteiger partial charge >= 0.3 is 0 Å². The number of benzene rings is 1. The first kappa shape index (κ1) is 14.8. The number of rotatable bonds is 3. The minimum atomic E-state index is -3.67. The lowest BCUT2D eigenvalue weighted by atomic mass is 9.96. The molecule has 2 bridgehead atoms. The summed E-state index contributed by atoms with van der Waals surface area (Å²) in [5.74, 6) is 0. The molecule has 3 atom stereocenters. The van der Waals surface area contributed by atoms with Crippen LogP contribution < -0.4 is 10.5 Å². The number of hydrogen-bond donors (Lipinski definition) is 2. The number of hydrogen-bond acceptors (Lipinski definition) is 4. The monoisotopic (exact) mass is 424 g/mol. The van der Waals surface area contributed by atoms with Crippen LogP contribution in [0.2, 0.25) is 0 Å². The van der Waals surface area contributed by atoms with Crippen LogP contribution in [0, 0.1) is 0 Å². The van der Waals surface area contributed by atoms with E-state index in [1.807, 2.05) is 0 Å². The van der Waals surface area contributed by atoms with E-state index in [1.54, 1.807) is 12.1 Å². The summed E-state index contributed by atoms with van der Waals surface area (Å²) in [6.07, 6.45) is 2.85. The van der Waals surface area contributed by atoms with E-state index in [4.69, 9.17) is 10.5 Å². The Morgan fingerprint density at radius 2 is 2.05 bits per heavy atom. The quantitative estimate of drug-likeness (QED) is 0.728. The topological polar surface area (TPSA) is 81.4 Å². The van der Waals surface area contributed by atoms with Crippen LogP contribution >= 0.6 is 31.9 Å². The number of sulfonamides is 1. The molecule has 0 saturated carbocycles. The minimum Gasteiger partial charge on any atom is -0.398 e. The van der Waals surface area contributed by atoms with Gasteiger partial charge in [0.05, 0.1) is 23.9 Å². The van der Waals surface area contributed by atoms with Crippen molar-refractivity contribution in [3.05, 3.63) is 21.1 Å². The molecule has 3 N–H and O–H groups in total. The lowest BCUT2D eigenvalue weighted by molar-refractivity contribution is 0.0996. The molecule has 8 heteroatoms. The molecule has 2 fully saturated rings. The SMILES string of the molecule is Nc1cc(Br)cc(Br)c1S(=O)(=O)NC1CC2CCC1O2. The Labute approximate surface area is 134 Å². The summed E-state index contributed by atoms with van der Waals surface area (Å²) in [6.45, 7) is 0. The second-order valence-electron chi connectivity index (χ2n) is 5.14. The third-order valence-corrected chi connectivity index (χ3v) is 6.67. The summed E-state index contributed by atoms with van der Waals surface area (Å²) in [4.78, 5) is 0.0865. The van der Waals surface area contributed by atoms with Crippen molar-refractivity contribution >= 4 is 47.6 Å². The van der Waals surface area contributed by atoms with Gasteiger partial charge in [-0.15, -0.1) is 0 Å². The van der Waals surface area contributed by atoms with E-state index in [9.17, 15) is 8.42 Å². The van der Waals surface area contributed by atoms with Crippen LogP contribution in [0.3, 0.4) is 0 Å². The Morgan fingerprint density at radius 1 is 1.30 bits per heavy atom. The number of ether oxygens (including phenoxy) is 1. The van der Waals surface area contributed by atoms with Gasteiger partial charge < -0.3 is 10.5 Å². The van der Waals surface area contributed by atoms with Gasteiger partial charge in [0.1, 0.15) is 4.90 Å². The van der Waals surface area contributed by atoms with Gasteiger partial charge in [-0.05, 0) is 47.3 Å². The molecular weight excluding hydrogens is 412 g/mol. The highest BCUT2D eigenvalue weighted by Crippen LogP contribution is 2.36. The van der Waals surface area contributed by atoms with Gasteiger partial charge in [-0.3, -0.25) is 0 Å². The third kappa shape index (κ3) is 2.64. The van der Waals surface area contributed by atoms with Gasteiger partial charge in [0.25, 0.3) is 0 Å². The molecule has 3 unspecified atom stereocenters. The van der Waals surface area contributed by atoms with E-state index in [1.165, 1.54) is 0 Å². The molecule has 2 saturated heterocycles. The first-order valence-corrected chi connectivity index (χ1v) is 9.36. The van der Waals surface area contributed by atoms with E-state index in [0.717, 1.165) is 23.7 Å². The van der Waals surface area contributed by atoms with Gasteiger partial charge in [0.2, 0.25) is 10.0 Å². The van der Waals surface area contributed by atoms with Crippen molar-refractivity contribution in [3.63, 3.8) is 0 Å². The molecular formula is C12H14Br2N2O3S. The largest absolute Gasteiger partial charge is 0.398 e. The molecule has 1 aromatic carbocycles. The predicted molar refractivity (Wildman–Crippen MR) is 82.9 cm³/mol. The molecule has 0 spiro atoms. The number of anilines is 1. The fraction of sp³-hybridized carbons (Fsp3) is 0.500. The molecule has 0 aromatic heterocycles. The second kappa shape index (κ2) is 5.24. The second-order valence-corrected chi connectivity index (χ2v) is 8.56. The maximum absolute atomic E-state index is 12.5. The van der Waals surface area contributed by atoms with Crippen LogP contribution in [-0.4, -0.2) is 26.7 Å². The van der Waals surface area contributed by atoms with Gasteiger partial charge in [-0.1, -0.05) is 15.9 Å². The zero-order chi connectivity index (χ0) is 14.5. The van der Waals surface area contributed by atoms with Crippen molar-refractivity contribution in [3.8, 4) is 0 Å². The lowest BCUT2D eigenvalue weighted by Gasteiger charge is -2.21. The Hall–Kier alpha value is -0.150. The number of fused-ring (bicyclic) bond motifs is 2. The number of halogens is 2. The maximum atomic E-state index is 12.5. The Balaban J connectivity index is 1.89. The van der Waals surface area contributed by atoms with Crippen LogP contribution in [0.5, 0.6) is 0 Å². The molecule has 1 aromatic rings. The normalized spacial score (nSPS) is 29.0. The van der Waals surface area contributed by atoms with Crippen LogP contribution in [-0.2, 0) is 14.8 Å². The highest BCUT2D eigenvalue weighted by atomic mass is 79.9. The number of nitrogens with one attached hydrogen (secondary N) is 1. The van der Waals surface area contributed by atoms with Crippen LogP contribution in [0.15, 0.2) is 26.0 Å². The van der Waals surface area contributed by atoms with Crippen molar-refractivity contribution in [2.45, 2.75) is 42.4 Å². The molecule has 2 heterocycles. The average Bonchev–Trinajstić information content (AvgIpc) is 2.87. The zero-order valence-electron chi connectivity index (χ0n) is 10.5. The molecule has 0 radical (unpaired) electrons. The predicted octanol–water partition coefficient (Wildman–Crippen LogP) is 2.39. The van der Waals surface area contributed by atoms with Crippen molar-refractivity contribution in [1.82, 2.24) is 4.72 Å².